The number of aromatic hydroxyl groups is 1. The van der Waals surface area contributed by atoms with Crippen molar-refractivity contribution in [3.63, 3.8) is 0 Å². The SMILES string of the molecule is C[C@H]1CN2CCN(Cc3ccc(OCc4ccccc4)cc3)C[C@H]2C[C@@]1(C)c1cccc(O)c1. The lowest BCUT2D eigenvalue weighted by atomic mass is 9.65. The fourth-order valence-corrected chi connectivity index (χ4v) is 5.73. The number of phenols is 1. The number of piperidine rings is 1. The minimum absolute atomic E-state index is 0.0840. The number of fused-ring (bicyclic) bond motifs is 1. The molecule has 3 aromatic carbocycles. The zero-order valence-electron chi connectivity index (χ0n) is 20.4. The summed E-state index contributed by atoms with van der Waals surface area (Å²) in [6.45, 7) is 10.8. The zero-order chi connectivity index (χ0) is 23.5. The van der Waals surface area contributed by atoms with Gasteiger partial charge in [-0.15, -0.1) is 0 Å². The van der Waals surface area contributed by atoms with E-state index in [4.69, 9.17) is 4.74 Å². The Morgan fingerprint density at radius 1 is 0.912 bits per heavy atom. The van der Waals surface area contributed by atoms with Gasteiger partial charge in [0, 0.05) is 38.8 Å². The van der Waals surface area contributed by atoms with Gasteiger partial charge in [0.05, 0.1) is 0 Å². The Balaban J connectivity index is 1.20. The predicted octanol–water partition coefficient (Wildman–Crippen LogP) is 5.46. The predicted molar refractivity (Wildman–Crippen MR) is 137 cm³/mol. The highest BCUT2D eigenvalue weighted by Crippen LogP contribution is 2.43. The molecule has 3 atom stereocenters. The third-order valence-electron chi connectivity index (χ3n) is 8.03. The van der Waals surface area contributed by atoms with Crippen LogP contribution in [0.3, 0.4) is 0 Å². The van der Waals surface area contributed by atoms with Gasteiger partial charge in [-0.05, 0) is 58.7 Å². The van der Waals surface area contributed by atoms with E-state index in [-0.39, 0.29) is 5.41 Å². The first-order valence-corrected chi connectivity index (χ1v) is 12.5. The molecule has 0 saturated carbocycles. The Morgan fingerprint density at radius 3 is 2.47 bits per heavy atom. The minimum Gasteiger partial charge on any atom is -0.508 e. The van der Waals surface area contributed by atoms with E-state index in [0.29, 0.717) is 24.3 Å². The topological polar surface area (TPSA) is 35.9 Å². The molecule has 4 heteroatoms. The van der Waals surface area contributed by atoms with E-state index in [0.717, 1.165) is 44.9 Å². The van der Waals surface area contributed by atoms with Gasteiger partial charge in [-0.3, -0.25) is 9.80 Å². The summed E-state index contributed by atoms with van der Waals surface area (Å²) in [5.41, 5.74) is 3.87. The van der Waals surface area contributed by atoms with Gasteiger partial charge in [-0.25, -0.2) is 0 Å². The zero-order valence-corrected chi connectivity index (χ0v) is 20.4. The lowest BCUT2D eigenvalue weighted by Gasteiger charge is -2.53. The molecule has 34 heavy (non-hydrogen) atoms. The van der Waals surface area contributed by atoms with Crippen LogP contribution in [0.5, 0.6) is 11.5 Å². The monoisotopic (exact) mass is 456 g/mol. The van der Waals surface area contributed by atoms with Crippen LogP contribution in [-0.4, -0.2) is 47.1 Å². The second kappa shape index (κ2) is 9.81. The number of ether oxygens (including phenoxy) is 1. The van der Waals surface area contributed by atoms with Gasteiger partial charge >= 0.3 is 0 Å². The lowest BCUT2D eigenvalue weighted by molar-refractivity contribution is -0.00558. The maximum Gasteiger partial charge on any atom is 0.119 e. The Labute approximate surface area is 203 Å². The van der Waals surface area contributed by atoms with E-state index in [9.17, 15) is 5.11 Å². The molecule has 0 spiro atoms. The molecule has 2 aliphatic rings. The van der Waals surface area contributed by atoms with E-state index in [2.05, 4.69) is 66.1 Å². The van der Waals surface area contributed by atoms with Gasteiger partial charge in [0.2, 0.25) is 0 Å². The van der Waals surface area contributed by atoms with Crippen LogP contribution in [-0.2, 0) is 18.6 Å². The quantitative estimate of drug-likeness (QED) is 0.535. The average Bonchev–Trinajstić information content (AvgIpc) is 2.85. The molecule has 0 bridgehead atoms. The van der Waals surface area contributed by atoms with Gasteiger partial charge in [-0.2, -0.15) is 0 Å². The van der Waals surface area contributed by atoms with Crippen molar-refractivity contribution in [2.24, 2.45) is 5.92 Å². The fraction of sp³-hybridized carbons (Fsp3) is 0.400. The third-order valence-corrected chi connectivity index (χ3v) is 8.03. The van der Waals surface area contributed by atoms with Gasteiger partial charge in [0.25, 0.3) is 0 Å². The molecule has 2 aliphatic heterocycles. The normalized spacial score (nSPS) is 25.6. The van der Waals surface area contributed by atoms with Gasteiger partial charge in [0.1, 0.15) is 18.1 Å². The van der Waals surface area contributed by atoms with E-state index in [1.165, 1.54) is 16.7 Å². The van der Waals surface area contributed by atoms with E-state index in [1.54, 1.807) is 6.07 Å². The highest BCUT2D eigenvalue weighted by atomic mass is 16.5. The Hall–Kier alpha value is -2.82. The van der Waals surface area contributed by atoms with Crippen LogP contribution in [0.4, 0.5) is 0 Å². The van der Waals surface area contributed by atoms with Crippen molar-refractivity contribution in [2.75, 3.05) is 26.2 Å². The molecule has 4 nitrogen and oxygen atoms in total. The molecule has 178 valence electrons. The van der Waals surface area contributed by atoms with Crippen LogP contribution in [0.1, 0.15) is 37.0 Å². The molecule has 3 aromatic rings. The third kappa shape index (κ3) is 4.98. The van der Waals surface area contributed by atoms with Gasteiger partial charge < -0.3 is 9.84 Å². The number of nitrogens with zero attached hydrogens (tertiary/aromatic N) is 2. The van der Waals surface area contributed by atoms with Gasteiger partial charge in [0.15, 0.2) is 0 Å². The van der Waals surface area contributed by atoms with E-state index in [1.807, 2.05) is 30.3 Å². The summed E-state index contributed by atoms with van der Waals surface area (Å²) in [6.07, 6.45) is 1.13. The molecule has 1 N–H and O–H groups in total. The molecule has 2 fully saturated rings. The molecular weight excluding hydrogens is 420 g/mol. The van der Waals surface area contributed by atoms with Crippen molar-refractivity contribution < 1.29 is 9.84 Å². The van der Waals surface area contributed by atoms with Crippen molar-refractivity contribution in [3.8, 4) is 11.5 Å². The van der Waals surface area contributed by atoms with Crippen LogP contribution in [0.15, 0.2) is 78.9 Å². The van der Waals surface area contributed by atoms with Crippen LogP contribution in [0.25, 0.3) is 0 Å². The average molecular weight is 457 g/mol. The summed E-state index contributed by atoms with van der Waals surface area (Å²) >= 11 is 0. The van der Waals surface area contributed by atoms with E-state index < -0.39 is 0 Å². The molecule has 0 aliphatic carbocycles. The molecule has 0 amide bonds. The molecule has 5 rings (SSSR count). The molecular formula is C30H36N2O2. The lowest BCUT2D eigenvalue weighted by Crippen LogP contribution is -2.60. The van der Waals surface area contributed by atoms with Crippen LogP contribution in [0, 0.1) is 5.92 Å². The summed E-state index contributed by atoms with van der Waals surface area (Å²) in [4.78, 5) is 5.28. The number of rotatable bonds is 6. The minimum atomic E-state index is 0.0840. The second-order valence-corrected chi connectivity index (χ2v) is 10.4. The number of benzene rings is 3. The van der Waals surface area contributed by atoms with Crippen LogP contribution < -0.4 is 4.74 Å². The maximum atomic E-state index is 10.1. The van der Waals surface area contributed by atoms with Crippen LogP contribution in [0.2, 0.25) is 0 Å². The summed E-state index contributed by atoms with van der Waals surface area (Å²) < 4.78 is 5.95. The van der Waals surface area contributed by atoms with Crippen molar-refractivity contribution in [3.05, 3.63) is 95.6 Å². The molecule has 0 aromatic heterocycles. The molecule has 2 saturated heterocycles. The van der Waals surface area contributed by atoms with E-state index >= 15 is 0 Å². The van der Waals surface area contributed by atoms with Crippen molar-refractivity contribution in [1.82, 2.24) is 9.80 Å². The molecule has 2 heterocycles. The first-order valence-electron chi connectivity index (χ1n) is 12.5. The largest absolute Gasteiger partial charge is 0.508 e. The van der Waals surface area contributed by atoms with Crippen molar-refractivity contribution >= 4 is 0 Å². The van der Waals surface area contributed by atoms with Crippen molar-refractivity contribution in [2.45, 2.75) is 44.9 Å². The Kier molecular flexibility index (Phi) is 6.62. The maximum absolute atomic E-state index is 10.1. The highest BCUT2D eigenvalue weighted by Gasteiger charge is 2.44. The number of phenolic OH excluding ortho intramolecular Hbond substituents is 1. The number of hydrogen-bond acceptors (Lipinski definition) is 4. The fourth-order valence-electron chi connectivity index (χ4n) is 5.73. The molecule has 0 radical (unpaired) electrons. The molecule has 0 unspecified atom stereocenters. The summed E-state index contributed by atoms with van der Waals surface area (Å²) in [5, 5.41) is 10.1. The highest BCUT2D eigenvalue weighted by molar-refractivity contribution is 5.34. The van der Waals surface area contributed by atoms with Crippen LogP contribution >= 0.6 is 0 Å². The standard InChI is InChI=1S/C30H36N2O2/c1-23-19-32-16-15-31(21-27(32)18-30(23,2)26-9-6-10-28(33)17-26)20-24-11-13-29(14-12-24)34-22-25-7-4-3-5-8-25/h3-14,17,23,27,33H,15-16,18-22H2,1-2H3/t23-,27+,30+/m0/s1. The van der Waals surface area contributed by atoms with Crippen molar-refractivity contribution in [1.29, 1.82) is 0 Å². The Bertz CT molecular complexity index is 1080. The smallest absolute Gasteiger partial charge is 0.119 e. The van der Waals surface area contributed by atoms with Gasteiger partial charge in [-0.1, -0.05) is 68.4 Å². The summed E-state index contributed by atoms with van der Waals surface area (Å²) in [6, 6.07) is 27.3. The number of hydrogen-bond donors (Lipinski definition) is 1. The Morgan fingerprint density at radius 2 is 1.71 bits per heavy atom. The summed E-state index contributed by atoms with van der Waals surface area (Å²) in [7, 11) is 0. The second-order valence-electron chi connectivity index (χ2n) is 10.4. The first kappa shape index (κ1) is 22.9. The summed E-state index contributed by atoms with van der Waals surface area (Å²) in [5.74, 6) is 1.84. The first-order chi connectivity index (χ1) is 16.5. The number of piperazine rings is 1.